The standard InChI is InChI=1S/C14H17N7O3S/c1-9-15-11-6-10(4-5-12(11)20(9)2)16-14(22)8-21-7-13(17-19-21)18-25(3,23)24/h4-7,18H,8H2,1-3H3,(H,16,22). The molecule has 2 aromatic heterocycles. The van der Waals surface area contributed by atoms with Gasteiger partial charge >= 0.3 is 0 Å². The van der Waals surface area contributed by atoms with Crippen molar-refractivity contribution in [2.45, 2.75) is 13.5 Å². The second-order valence-corrected chi connectivity index (χ2v) is 7.39. The molecule has 0 spiro atoms. The van der Waals surface area contributed by atoms with Gasteiger partial charge in [-0.25, -0.2) is 18.1 Å². The van der Waals surface area contributed by atoms with E-state index in [-0.39, 0.29) is 18.3 Å². The number of aryl methyl sites for hydroxylation is 2. The molecule has 1 amide bonds. The third-order valence-corrected chi connectivity index (χ3v) is 4.10. The van der Waals surface area contributed by atoms with Crippen LogP contribution in [0.25, 0.3) is 11.0 Å². The number of anilines is 2. The number of hydrogen-bond acceptors (Lipinski definition) is 6. The van der Waals surface area contributed by atoms with Crippen LogP contribution in [0.4, 0.5) is 11.5 Å². The number of benzene rings is 1. The van der Waals surface area contributed by atoms with Gasteiger partial charge in [-0.05, 0) is 25.1 Å². The second kappa shape index (κ2) is 6.16. The lowest BCUT2D eigenvalue weighted by molar-refractivity contribution is -0.116. The van der Waals surface area contributed by atoms with Crippen LogP contribution in [-0.2, 0) is 28.4 Å². The molecule has 0 atom stereocenters. The number of aromatic nitrogens is 5. The van der Waals surface area contributed by atoms with E-state index in [9.17, 15) is 13.2 Å². The summed E-state index contributed by atoms with van der Waals surface area (Å²) in [4.78, 5) is 16.5. The number of carbonyl (C=O) groups is 1. The molecule has 3 aromatic rings. The van der Waals surface area contributed by atoms with Crippen molar-refractivity contribution in [3.8, 4) is 0 Å². The summed E-state index contributed by atoms with van der Waals surface area (Å²) in [5.74, 6) is 0.621. The Morgan fingerprint density at radius 1 is 1.32 bits per heavy atom. The molecule has 0 aliphatic heterocycles. The highest BCUT2D eigenvalue weighted by atomic mass is 32.2. The van der Waals surface area contributed by atoms with Gasteiger partial charge in [-0.3, -0.25) is 9.52 Å². The lowest BCUT2D eigenvalue weighted by atomic mass is 10.2. The Morgan fingerprint density at radius 2 is 2.08 bits per heavy atom. The van der Waals surface area contributed by atoms with Crippen molar-refractivity contribution in [3.63, 3.8) is 0 Å². The summed E-state index contributed by atoms with van der Waals surface area (Å²) >= 11 is 0. The van der Waals surface area contributed by atoms with Gasteiger partial charge in [0.15, 0.2) is 5.82 Å². The van der Waals surface area contributed by atoms with Crippen LogP contribution in [0.5, 0.6) is 0 Å². The normalized spacial score (nSPS) is 11.6. The van der Waals surface area contributed by atoms with Gasteiger partial charge in [-0.1, -0.05) is 5.21 Å². The van der Waals surface area contributed by atoms with Crippen molar-refractivity contribution in [1.29, 1.82) is 0 Å². The number of carbonyl (C=O) groups excluding carboxylic acids is 1. The Balaban J connectivity index is 1.68. The zero-order valence-electron chi connectivity index (χ0n) is 13.9. The Kier molecular flexibility index (Phi) is 4.17. The van der Waals surface area contributed by atoms with Crippen LogP contribution in [-0.4, -0.2) is 45.1 Å². The molecule has 0 fully saturated rings. The number of imidazole rings is 1. The molecule has 0 unspecified atom stereocenters. The molecule has 0 radical (unpaired) electrons. The average Bonchev–Trinajstić information content (AvgIpc) is 3.02. The minimum atomic E-state index is -3.44. The third kappa shape index (κ3) is 3.94. The highest BCUT2D eigenvalue weighted by molar-refractivity contribution is 7.92. The first-order chi connectivity index (χ1) is 11.7. The number of nitrogens with one attached hydrogen (secondary N) is 2. The first-order valence-corrected chi connectivity index (χ1v) is 9.21. The Morgan fingerprint density at radius 3 is 2.80 bits per heavy atom. The van der Waals surface area contributed by atoms with Crippen LogP contribution in [0.15, 0.2) is 24.4 Å². The fraction of sp³-hybridized carbons (Fsp3) is 0.286. The molecular weight excluding hydrogens is 346 g/mol. The van der Waals surface area contributed by atoms with Crippen LogP contribution < -0.4 is 10.0 Å². The number of nitrogens with zero attached hydrogens (tertiary/aromatic N) is 5. The van der Waals surface area contributed by atoms with Crippen LogP contribution in [0.1, 0.15) is 5.82 Å². The minimum absolute atomic E-state index is 0.0562. The zero-order chi connectivity index (χ0) is 18.2. The van der Waals surface area contributed by atoms with Crippen LogP contribution >= 0.6 is 0 Å². The second-order valence-electron chi connectivity index (χ2n) is 5.65. The Hall–Kier alpha value is -2.95. The van der Waals surface area contributed by atoms with Gasteiger partial charge in [0.2, 0.25) is 15.9 Å². The summed E-state index contributed by atoms with van der Waals surface area (Å²) < 4.78 is 27.7. The van der Waals surface area contributed by atoms with E-state index in [0.717, 1.165) is 23.1 Å². The highest BCUT2D eigenvalue weighted by Crippen LogP contribution is 2.19. The van der Waals surface area contributed by atoms with Gasteiger partial charge < -0.3 is 9.88 Å². The SMILES string of the molecule is Cc1nc2cc(NC(=O)Cn3cc(NS(C)(=O)=O)nn3)ccc2n1C. The topological polar surface area (TPSA) is 124 Å². The molecule has 0 saturated heterocycles. The van der Waals surface area contributed by atoms with Gasteiger partial charge in [0.05, 0.1) is 23.5 Å². The molecule has 0 aliphatic rings. The summed E-state index contributed by atoms with van der Waals surface area (Å²) in [5, 5.41) is 10.1. The summed E-state index contributed by atoms with van der Waals surface area (Å²) in [6.07, 6.45) is 2.35. The Labute approximate surface area is 143 Å². The van der Waals surface area contributed by atoms with Crippen molar-refractivity contribution in [3.05, 3.63) is 30.2 Å². The van der Waals surface area contributed by atoms with E-state index in [0.29, 0.717) is 5.69 Å². The van der Waals surface area contributed by atoms with Crippen LogP contribution in [0, 0.1) is 6.92 Å². The van der Waals surface area contributed by atoms with Gasteiger partial charge in [-0.15, -0.1) is 5.10 Å². The van der Waals surface area contributed by atoms with Gasteiger partial charge in [0.1, 0.15) is 12.4 Å². The van der Waals surface area contributed by atoms with Gasteiger partial charge in [0, 0.05) is 12.7 Å². The summed E-state index contributed by atoms with van der Waals surface area (Å²) in [6.45, 7) is 1.81. The predicted molar refractivity (Wildman–Crippen MR) is 92.6 cm³/mol. The lowest BCUT2D eigenvalue weighted by Crippen LogP contribution is -2.19. The van der Waals surface area contributed by atoms with Crippen molar-refractivity contribution in [2.75, 3.05) is 16.3 Å². The molecule has 0 bridgehead atoms. The molecule has 11 heteroatoms. The van der Waals surface area contributed by atoms with Crippen LogP contribution in [0.3, 0.4) is 0 Å². The molecule has 3 rings (SSSR count). The maximum atomic E-state index is 12.1. The first-order valence-electron chi connectivity index (χ1n) is 7.32. The largest absolute Gasteiger partial charge is 0.331 e. The number of sulfonamides is 1. The highest BCUT2D eigenvalue weighted by Gasteiger charge is 2.10. The van der Waals surface area contributed by atoms with Crippen LogP contribution in [0.2, 0.25) is 0 Å². The fourth-order valence-corrected chi connectivity index (χ4v) is 2.83. The van der Waals surface area contributed by atoms with E-state index >= 15 is 0 Å². The van der Waals surface area contributed by atoms with Crippen molar-refractivity contribution in [2.24, 2.45) is 7.05 Å². The first kappa shape index (κ1) is 16.9. The molecule has 2 heterocycles. The minimum Gasteiger partial charge on any atom is -0.331 e. The van der Waals surface area contributed by atoms with Crippen molar-refractivity contribution >= 4 is 38.5 Å². The maximum Gasteiger partial charge on any atom is 0.246 e. The van der Waals surface area contributed by atoms with E-state index in [1.807, 2.05) is 24.6 Å². The molecule has 0 saturated carbocycles. The molecule has 10 nitrogen and oxygen atoms in total. The molecule has 0 aliphatic carbocycles. The Bertz CT molecular complexity index is 1050. The average molecular weight is 363 g/mol. The molecule has 25 heavy (non-hydrogen) atoms. The van der Waals surface area contributed by atoms with E-state index in [1.165, 1.54) is 10.9 Å². The van der Waals surface area contributed by atoms with Gasteiger partial charge in [-0.2, -0.15) is 0 Å². The number of hydrogen-bond donors (Lipinski definition) is 2. The van der Waals surface area contributed by atoms with E-state index in [1.54, 1.807) is 12.1 Å². The lowest BCUT2D eigenvalue weighted by Gasteiger charge is -2.05. The van der Waals surface area contributed by atoms with E-state index in [4.69, 9.17) is 0 Å². The molecule has 132 valence electrons. The quantitative estimate of drug-likeness (QED) is 0.680. The summed E-state index contributed by atoms with van der Waals surface area (Å²) in [7, 11) is -1.51. The fourth-order valence-electron chi connectivity index (χ4n) is 2.36. The smallest absolute Gasteiger partial charge is 0.246 e. The summed E-state index contributed by atoms with van der Waals surface area (Å²) in [6, 6.07) is 5.46. The van der Waals surface area contributed by atoms with Gasteiger partial charge in [0.25, 0.3) is 0 Å². The number of rotatable bonds is 5. The third-order valence-electron chi connectivity index (χ3n) is 3.52. The van der Waals surface area contributed by atoms with E-state index < -0.39 is 10.0 Å². The van der Waals surface area contributed by atoms with E-state index in [2.05, 4.69) is 25.3 Å². The molecule has 2 N–H and O–H groups in total. The molecule has 1 aromatic carbocycles. The maximum absolute atomic E-state index is 12.1. The number of fused-ring (bicyclic) bond motifs is 1. The monoisotopic (exact) mass is 363 g/mol. The predicted octanol–water partition coefficient (Wildman–Crippen LogP) is 0.483. The summed E-state index contributed by atoms with van der Waals surface area (Å²) in [5.41, 5.74) is 2.38. The van der Waals surface area contributed by atoms with Crippen molar-refractivity contribution in [1.82, 2.24) is 24.5 Å². The van der Waals surface area contributed by atoms with Crippen molar-refractivity contribution < 1.29 is 13.2 Å². The zero-order valence-corrected chi connectivity index (χ0v) is 14.7. The molecular formula is C14H17N7O3S. The number of amides is 1.